The molecule has 0 unspecified atom stereocenters. The summed E-state index contributed by atoms with van der Waals surface area (Å²) in [6, 6.07) is 6.85. The lowest BCUT2D eigenvalue weighted by Gasteiger charge is -1.95. The molecule has 2 rings (SSSR count). The monoisotopic (exact) mass is 202 g/mol. The predicted octanol–water partition coefficient (Wildman–Crippen LogP) is 2.77. The molecule has 0 atom stereocenters. The van der Waals surface area contributed by atoms with E-state index in [1.807, 2.05) is 17.8 Å². The van der Waals surface area contributed by atoms with Crippen LogP contribution >= 0.6 is 0 Å². The largest absolute Gasteiger partial charge is 0.350 e. The van der Waals surface area contributed by atoms with Gasteiger partial charge in [-0.25, -0.2) is 4.39 Å². The van der Waals surface area contributed by atoms with Crippen LogP contribution in [0.2, 0.25) is 0 Å². The third-order valence-electron chi connectivity index (χ3n) is 2.54. The normalized spacial score (nSPS) is 10.5. The lowest BCUT2D eigenvalue weighted by molar-refractivity contribution is 0.629. The van der Waals surface area contributed by atoms with Gasteiger partial charge in [-0.3, -0.25) is 0 Å². The minimum absolute atomic E-state index is 0.230. The van der Waals surface area contributed by atoms with E-state index in [2.05, 4.69) is 6.07 Å². The molecule has 0 spiro atoms. The lowest BCUT2D eigenvalue weighted by atomic mass is 10.1. The molecule has 1 aromatic heterocycles. The molecule has 2 nitrogen and oxygen atoms in total. The standard InChI is InChI=1S/C12H11FN2/c1-15-8-9(3-2-6-14)11-7-10(13)4-5-12(11)15/h4-5,7-8H,2-3H2,1H3. The number of aromatic nitrogens is 1. The molecule has 0 saturated carbocycles. The number of rotatable bonds is 2. The van der Waals surface area contributed by atoms with Crippen LogP contribution in [0.3, 0.4) is 0 Å². The molecular weight excluding hydrogens is 191 g/mol. The van der Waals surface area contributed by atoms with Gasteiger partial charge in [0.1, 0.15) is 5.82 Å². The third-order valence-corrected chi connectivity index (χ3v) is 2.54. The Morgan fingerprint density at radius 2 is 2.27 bits per heavy atom. The first kappa shape index (κ1) is 9.72. The number of nitrogens with zero attached hydrogens (tertiary/aromatic N) is 2. The van der Waals surface area contributed by atoms with E-state index in [1.54, 1.807) is 6.07 Å². The van der Waals surface area contributed by atoms with Crippen LogP contribution in [0.1, 0.15) is 12.0 Å². The van der Waals surface area contributed by atoms with Gasteiger partial charge < -0.3 is 4.57 Å². The Hall–Kier alpha value is -1.82. The number of benzene rings is 1. The van der Waals surface area contributed by atoms with Crippen molar-refractivity contribution < 1.29 is 4.39 Å². The Balaban J connectivity index is 2.55. The Bertz CT molecular complexity index is 534. The van der Waals surface area contributed by atoms with Crippen LogP contribution < -0.4 is 0 Å². The average molecular weight is 202 g/mol. The fraction of sp³-hybridized carbons (Fsp3) is 0.250. The van der Waals surface area contributed by atoms with Crippen LogP contribution in [0.4, 0.5) is 4.39 Å². The van der Waals surface area contributed by atoms with Gasteiger partial charge in [-0.1, -0.05) is 0 Å². The van der Waals surface area contributed by atoms with Crippen LogP contribution in [0.25, 0.3) is 10.9 Å². The topological polar surface area (TPSA) is 28.7 Å². The minimum Gasteiger partial charge on any atom is -0.350 e. The fourth-order valence-corrected chi connectivity index (χ4v) is 1.84. The zero-order valence-corrected chi connectivity index (χ0v) is 8.50. The van der Waals surface area contributed by atoms with Gasteiger partial charge in [0.05, 0.1) is 6.07 Å². The maximum atomic E-state index is 13.1. The van der Waals surface area contributed by atoms with Crippen molar-refractivity contribution in [3.63, 3.8) is 0 Å². The number of aryl methyl sites for hydroxylation is 2. The summed E-state index contributed by atoms with van der Waals surface area (Å²) in [6.45, 7) is 0. The molecule has 0 bridgehead atoms. The Morgan fingerprint density at radius 1 is 1.47 bits per heavy atom. The highest BCUT2D eigenvalue weighted by molar-refractivity contribution is 5.84. The zero-order chi connectivity index (χ0) is 10.8. The minimum atomic E-state index is -0.230. The van der Waals surface area contributed by atoms with Gasteiger partial charge in [0.2, 0.25) is 0 Å². The molecular formula is C12H11FN2. The van der Waals surface area contributed by atoms with Gasteiger partial charge in [0.15, 0.2) is 0 Å². The first-order valence-electron chi connectivity index (χ1n) is 4.83. The van der Waals surface area contributed by atoms with E-state index in [4.69, 9.17) is 5.26 Å². The van der Waals surface area contributed by atoms with Crippen LogP contribution in [0.15, 0.2) is 24.4 Å². The summed E-state index contributed by atoms with van der Waals surface area (Å²) in [4.78, 5) is 0. The third kappa shape index (κ3) is 1.71. The van der Waals surface area contributed by atoms with E-state index in [0.717, 1.165) is 16.5 Å². The molecule has 1 heterocycles. The number of halogens is 1. The lowest BCUT2D eigenvalue weighted by Crippen LogP contribution is -1.83. The van der Waals surface area contributed by atoms with Gasteiger partial charge in [-0.15, -0.1) is 0 Å². The highest BCUT2D eigenvalue weighted by atomic mass is 19.1. The van der Waals surface area contributed by atoms with Crippen molar-refractivity contribution >= 4 is 10.9 Å². The summed E-state index contributed by atoms with van der Waals surface area (Å²) in [5, 5.41) is 9.44. The average Bonchev–Trinajstić information content (AvgIpc) is 2.52. The van der Waals surface area contributed by atoms with Crippen LogP contribution in [0.5, 0.6) is 0 Å². The molecule has 0 saturated heterocycles. The van der Waals surface area contributed by atoms with Crippen LogP contribution in [-0.2, 0) is 13.5 Å². The van der Waals surface area contributed by atoms with E-state index in [1.165, 1.54) is 12.1 Å². The summed E-state index contributed by atoms with van der Waals surface area (Å²) in [7, 11) is 1.93. The molecule has 0 radical (unpaired) electrons. The van der Waals surface area contributed by atoms with Gasteiger partial charge >= 0.3 is 0 Å². The predicted molar refractivity (Wildman–Crippen MR) is 56.8 cm³/mol. The van der Waals surface area contributed by atoms with Gasteiger partial charge in [-0.2, -0.15) is 5.26 Å². The fourth-order valence-electron chi connectivity index (χ4n) is 1.84. The van der Waals surface area contributed by atoms with Crippen molar-refractivity contribution in [3.05, 3.63) is 35.8 Å². The second-order valence-corrected chi connectivity index (χ2v) is 3.58. The summed E-state index contributed by atoms with van der Waals surface area (Å²) in [6.07, 6.45) is 3.11. The summed E-state index contributed by atoms with van der Waals surface area (Å²) < 4.78 is 15.0. The molecule has 76 valence electrons. The Kier molecular flexibility index (Phi) is 2.42. The number of hydrogen-bond donors (Lipinski definition) is 0. The number of fused-ring (bicyclic) bond motifs is 1. The second kappa shape index (κ2) is 3.74. The molecule has 0 N–H and O–H groups in total. The smallest absolute Gasteiger partial charge is 0.123 e. The highest BCUT2D eigenvalue weighted by Gasteiger charge is 2.06. The highest BCUT2D eigenvalue weighted by Crippen LogP contribution is 2.22. The number of hydrogen-bond acceptors (Lipinski definition) is 1. The second-order valence-electron chi connectivity index (χ2n) is 3.58. The van der Waals surface area contributed by atoms with E-state index < -0.39 is 0 Å². The SMILES string of the molecule is Cn1cc(CCC#N)c2cc(F)ccc21. The molecule has 2 aromatic rings. The molecule has 1 aromatic carbocycles. The van der Waals surface area contributed by atoms with Crippen LogP contribution in [-0.4, -0.2) is 4.57 Å². The molecule has 3 heteroatoms. The maximum absolute atomic E-state index is 13.1. The van der Waals surface area contributed by atoms with E-state index in [-0.39, 0.29) is 5.82 Å². The van der Waals surface area contributed by atoms with Crippen molar-refractivity contribution in [3.8, 4) is 6.07 Å². The Labute approximate surface area is 87.6 Å². The molecule has 0 amide bonds. The quantitative estimate of drug-likeness (QED) is 0.736. The summed E-state index contributed by atoms with van der Waals surface area (Å²) >= 11 is 0. The molecule has 15 heavy (non-hydrogen) atoms. The molecule has 0 fully saturated rings. The molecule has 0 aliphatic rings. The van der Waals surface area contributed by atoms with Crippen molar-refractivity contribution in [2.75, 3.05) is 0 Å². The van der Waals surface area contributed by atoms with Crippen molar-refractivity contribution in [1.82, 2.24) is 4.57 Å². The van der Waals surface area contributed by atoms with E-state index in [9.17, 15) is 4.39 Å². The summed E-state index contributed by atoms with van der Waals surface area (Å²) in [5.74, 6) is -0.230. The maximum Gasteiger partial charge on any atom is 0.123 e. The van der Waals surface area contributed by atoms with Gasteiger partial charge in [0, 0.05) is 30.6 Å². The Morgan fingerprint density at radius 3 is 3.00 bits per heavy atom. The zero-order valence-electron chi connectivity index (χ0n) is 8.50. The van der Waals surface area contributed by atoms with Crippen molar-refractivity contribution in [2.24, 2.45) is 7.05 Å². The van der Waals surface area contributed by atoms with Gasteiger partial charge in [-0.05, 0) is 30.2 Å². The number of nitriles is 1. The summed E-state index contributed by atoms with van der Waals surface area (Å²) in [5.41, 5.74) is 2.04. The van der Waals surface area contributed by atoms with Crippen molar-refractivity contribution in [2.45, 2.75) is 12.8 Å². The first-order chi connectivity index (χ1) is 7.22. The van der Waals surface area contributed by atoms with E-state index >= 15 is 0 Å². The van der Waals surface area contributed by atoms with Crippen LogP contribution in [0, 0.1) is 17.1 Å². The van der Waals surface area contributed by atoms with Crippen molar-refractivity contribution in [1.29, 1.82) is 5.26 Å². The first-order valence-corrected chi connectivity index (χ1v) is 4.83. The van der Waals surface area contributed by atoms with Gasteiger partial charge in [0.25, 0.3) is 0 Å². The van der Waals surface area contributed by atoms with E-state index in [0.29, 0.717) is 12.8 Å². The molecule has 0 aliphatic carbocycles. The molecule has 0 aliphatic heterocycles.